The molecule has 1 atom stereocenters. The molecular formula is C16H23IN2O. The number of rotatable bonds is 4. The maximum absolute atomic E-state index is 12.7. The van der Waals surface area contributed by atoms with Crippen molar-refractivity contribution in [1.82, 2.24) is 10.2 Å². The van der Waals surface area contributed by atoms with Gasteiger partial charge in [0, 0.05) is 21.7 Å². The molecule has 0 aromatic heterocycles. The monoisotopic (exact) mass is 386 g/mol. The lowest BCUT2D eigenvalue weighted by molar-refractivity contribution is 0.0661. The number of nitrogens with zero attached hydrogens (tertiary/aromatic N) is 1. The van der Waals surface area contributed by atoms with E-state index in [4.69, 9.17) is 0 Å². The number of amides is 1. The van der Waals surface area contributed by atoms with Crippen molar-refractivity contribution in [2.75, 3.05) is 19.6 Å². The fourth-order valence-electron chi connectivity index (χ4n) is 2.64. The van der Waals surface area contributed by atoms with Gasteiger partial charge in [-0.2, -0.15) is 0 Å². The van der Waals surface area contributed by atoms with Crippen LogP contribution in [0, 0.1) is 9.49 Å². The molecule has 1 aliphatic heterocycles. The van der Waals surface area contributed by atoms with Crippen molar-refractivity contribution in [3.8, 4) is 0 Å². The minimum Gasteiger partial charge on any atom is -0.336 e. The van der Waals surface area contributed by atoms with E-state index >= 15 is 0 Å². The highest BCUT2D eigenvalue weighted by molar-refractivity contribution is 14.1. The second-order valence-electron chi connectivity index (χ2n) is 5.77. The number of hydrogen-bond donors (Lipinski definition) is 1. The molecule has 1 fully saturated rings. The van der Waals surface area contributed by atoms with Crippen LogP contribution in [0.25, 0.3) is 0 Å². The minimum atomic E-state index is 0.155. The normalized spacial score (nSPS) is 19.1. The zero-order valence-corrected chi connectivity index (χ0v) is 14.4. The van der Waals surface area contributed by atoms with Gasteiger partial charge in [0.25, 0.3) is 5.91 Å². The van der Waals surface area contributed by atoms with Gasteiger partial charge in [-0.3, -0.25) is 4.79 Å². The molecule has 1 aromatic carbocycles. The largest absolute Gasteiger partial charge is 0.336 e. The van der Waals surface area contributed by atoms with Gasteiger partial charge in [0.15, 0.2) is 0 Å². The Morgan fingerprint density at radius 3 is 2.65 bits per heavy atom. The van der Waals surface area contributed by atoms with Gasteiger partial charge in [-0.25, -0.2) is 0 Å². The van der Waals surface area contributed by atoms with E-state index in [2.05, 4.69) is 41.8 Å². The van der Waals surface area contributed by atoms with Crippen molar-refractivity contribution in [2.24, 2.45) is 5.92 Å². The molecule has 1 aliphatic rings. The maximum Gasteiger partial charge on any atom is 0.254 e. The van der Waals surface area contributed by atoms with Crippen molar-refractivity contribution in [2.45, 2.75) is 32.7 Å². The summed E-state index contributed by atoms with van der Waals surface area (Å²) < 4.78 is 1.16. The van der Waals surface area contributed by atoms with E-state index in [0.29, 0.717) is 5.92 Å². The van der Waals surface area contributed by atoms with Gasteiger partial charge in [0.1, 0.15) is 0 Å². The van der Waals surface area contributed by atoms with Crippen LogP contribution in [0.2, 0.25) is 0 Å². The van der Waals surface area contributed by atoms with Gasteiger partial charge in [-0.1, -0.05) is 0 Å². The van der Waals surface area contributed by atoms with Crippen molar-refractivity contribution in [1.29, 1.82) is 0 Å². The number of carbonyl (C=O) groups excluding carboxylic acids is 1. The number of nitrogens with one attached hydrogen (secondary N) is 1. The van der Waals surface area contributed by atoms with Crippen LogP contribution < -0.4 is 5.32 Å². The smallest absolute Gasteiger partial charge is 0.254 e. The van der Waals surface area contributed by atoms with Crippen LogP contribution in [0.1, 0.15) is 37.0 Å². The Morgan fingerprint density at radius 1 is 1.40 bits per heavy atom. The summed E-state index contributed by atoms with van der Waals surface area (Å²) in [6, 6.07) is 8.09. The predicted octanol–water partition coefficient (Wildman–Crippen LogP) is 3.14. The van der Waals surface area contributed by atoms with Gasteiger partial charge in [-0.05, 0) is 92.6 Å². The van der Waals surface area contributed by atoms with E-state index in [1.165, 1.54) is 12.8 Å². The van der Waals surface area contributed by atoms with E-state index in [1.807, 2.05) is 29.2 Å². The van der Waals surface area contributed by atoms with E-state index in [-0.39, 0.29) is 11.9 Å². The summed E-state index contributed by atoms with van der Waals surface area (Å²) in [6.07, 6.45) is 2.44. The lowest BCUT2D eigenvalue weighted by Gasteiger charge is -2.33. The summed E-state index contributed by atoms with van der Waals surface area (Å²) in [7, 11) is 0. The number of carbonyl (C=O) groups is 1. The second kappa shape index (κ2) is 7.41. The van der Waals surface area contributed by atoms with Crippen molar-refractivity contribution >= 4 is 28.5 Å². The van der Waals surface area contributed by atoms with Crippen LogP contribution in [0.5, 0.6) is 0 Å². The van der Waals surface area contributed by atoms with E-state index < -0.39 is 0 Å². The van der Waals surface area contributed by atoms with Gasteiger partial charge < -0.3 is 10.2 Å². The number of hydrogen-bond acceptors (Lipinski definition) is 2. The molecule has 0 aliphatic carbocycles. The molecule has 1 N–H and O–H groups in total. The Labute approximate surface area is 135 Å². The third kappa shape index (κ3) is 4.19. The lowest BCUT2D eigenvalue weighted by Crippen LogP contribution is -2.44. The number of piperidine rings is 1. The highest BCUT2D eigenvalue weighted by atomic mass is 127. The highest BCUT2D eigenvalue weighted by Crippen LogP contribution is 2.17. The zero-order valence-electron chi connectivity index (χ0n) is 12.2. The fraction of sp³-hybridized carbons (Fsp3) is 0.562. The topological polar surface area (TPSA) is 32.3 Å². The molecule has 0 bridgehead atoms. The van der Waals surface area contributed by atoms with Crippen molar-refractivity contribution < 1.29 is 4.79 Å². The van der Waals surface area contributed by atoms with E-state index in [1.54, 1.807) is 0 Å². The summed E-state index contributed by atoms with van der Waals surface area (Å²) in [5.41, 5.74) is 0.794. The van der Waals surface area contributed by atoms with Crippen LogP contribution >= 0.6 is 22.6 Å². The Kier molecular flexibility index (Phi) is 5.84. The molecule has 1 aromatic rings. The molecular weight excluding hydrogens is 363 g/mol. The highest BCUT2D eigenvalue weighted by Gasteiger charge is 2.23. The second-order valence-corrected chi connectivity index (χ2v) is 7.02. The number of halogens is 1. The first-order chi connectivity index (χ1) is 9.58. The van der Waals surface area contributed by atoms with Gasteiger partial charge in [0.2, 0.25) is 0 Å². The standard InChI is InChI=1S/C16H23IN2O/c1-12(2)19(11-13-4-3-9-18-10-13)16(20)14-5-7-15(17)8-6-14/h5-8,12-13,18H,3-4,9-11H2,1-2H3. The quantitative estimate of drug-likeness (QED) is 0.807. The predicted molar refractivity (Wildman–Crippen MR) is 90.9 cm³/mol. The Balaban J connectivity index is 2.07. The van der Waals surface area contributed by atoms with E-state index in [0.717, 1.165) is 28.8 Å². The molecule has 1 unspecified atom stereocenters. The average Bonchev–Trinajstić information content (AvgIpc) is 2.45. The molecule has 0 saturated carbocycles. The van der Waals surface area contributed by atoms with Crippen LogP contribution in [0.15, 0.2) is 24.3 Å². The first kappa shape index (κ1) is 15.8. The molecule has 20 heavy (non-hydrogen) atoms. The maximum atomic E-state index is 12.7. The molecule has 3 nitrogen and oxygen atoms in total. The summed E-state index contributed by atoms with van der Waals surface area (Å²) in [4.78, 5) is 14.7. The Bertz CT molecular complexity index is 438. The van der Waals surface area contributed by atoms with Crippen molar-refractivity contribution in [3.63, 3.8) is 0 Å². The van der Waals surface area contributed by atoms with Gasteiger partial charge >= 0.3 is 0 Å². The van der Waals surface area contributed by atoms with Crippen LogP contribution in [-0.2, 0) is 0 Å². The van der Waals surface area contributed by atoms with Gasteiger partial charge in [-0.15, -0.1) is 0 Å². The first-order valence-electron chi connectivity index (χ1n) is 7.35. The molecule has 1 heterocycles. The molecule has 1 amide bonds. The molecule has 0 radical (unpaired) electrons. The third-order valence-electron chi connectivity index (χ3n) is 3.83. The Hall–Kier alpha value is -0.620. The molecule has 0 spiro atoms. The Morgan fingerprint density at radius 2 is 2.10 bits per heavy atom. The average molecular weight is 386 g/mol. The van der Waals surface area contributed by atoms with Crippen LogP contribution in [0.3, 0.4) is 0 Å². The zero-order chi connectivity index (χ0) is 14.5. The summed E-state index contributed by atoms with van der Waals surface area (Å²) in [6.45, 7) is 7.20. The van der Waals surface area contributed by atoms with E-state index in [9.17, 15) is 4.79 Å². The third-order valence-corrected chi connectivity index (χ3v) is 4.55. The fourth-order valence-corrected chi connectivity index (χ4v) is 3.00. The first-order valence-corrected chi connectivity index (χ1v) is 8.43. The SMILES string of the molecule is CC(C)N(CC1CCCNC1)C(=O)c1ccc(I)cc1. The molecule has 2 rings (SSSR count). The summed E-state index contributed by atoms with van der Waals surface area (Å²) in [5, 5.41) is 3.43. The summed E-state index contributed by atoms with van der Waals surface area (Å²) in [5.74, 6) is 0.737. The lowest BCUT2D eigenvalue weighted by atomic mass is 9.98. The molecule has 110 valence electrons. The van der Waals surface area contributed by atoms with Crippen molar-refractivity contribution in [3.05, 3.63) is 33.4 Å². The number of benzene rings is 1. The van der Waals surface area contributed by atoms with Gasteiger partial charge in [0.05, 0.1) is 0 Å². The minimum absolute atomic E-state index is 0.155. The molecule has 1 saturated heterocycles. The van der Waals surface area contributed by atoms with Crippen LogP contribution in [-0.4, -0.2) is 36.5 Å². The summed E-state index contributed by atoms with van der Waals surface area (Å²) >= 11 is 2.26. The molecule has 4 heteroatoms. The van der Waals surface area contributed by atoms with Crippen LogP contribution in [0.4, 0.5) is 0 Å².